The van der Waals surface area contributed by atoms with Gasteiger partial charge in [-0.2, -0.15) is 12.6 Å². The fourth-order valence-corrected chi connectivity index (χ4v) is 2.53. The van der Waals surface area contributed by atoms with Crippen molar-refractivity contribution in [2.24, 2.45) is 0 Å². The van der Waals surface area contributed by atoms with Gasteiger partial charge in [-0.3, -0.25) is 4.79 Å². The minimum Gasteiger partial charge on any atom is -0.325 e. The summed E-state index contributed by atoms with van der Waals surface area (Å²) < 4.78 is 0.981. The molecule has 1 unspecified atom stereocenters. The molecule has 0 fully saturated rings. The zero-order valence-corrected chi connectivity index (χ0v) is 13.6. The van der Waals surface area contributed by atoms with Crippen molar-refractivity contribution in [2.75, 3.05) is 5.32 Å². The predicted octanol–water partition coefficient (Wildman–Crippen LogP) is 4.24. The van der Waals surface area contributed by atoms with Crippen LogP contribution in [0.15, 0.2) is 53.0 Å². The molecule has 104 valence electrons. The number of anilines is 1. The number of amides is 1. The SMILES string of the molecule is Cc1c(Br)cccc1NC(=O)C(S)Cc1ccccc1. The lowest BCUT2D eigenvalue weighted by atomic mass is 10.1. The van der Waals surface area contributed by atoms with Gasteiger partial charge in [-0.1, -0.05) is 52.3 Å². The Morgan fingerprint density at radius 1 is 1.20 bits per heavy atom. The fourth-order valence-electron chi connectivity index (χ4n) is 1.89. The Morgan fingerprint density at radius 2 is 1.90 bits per heavy atom. The fraction of sp³-hybridized carbons (Fsp3) is 0.188. The van der Waals surface area contributed by atoms with E-state index in [0.717, 1.165) is 21.3 Å². The van der Waals surface area contributed by atoms with Crippen LogP contribution in [0.25, 0.3) is 0 Å². The van der Waals surface area contributed by atoms with E-state index >= 15 is 0 Å². The number of rotatable bonds is 4. The number of hydrogen-bond acceptors (Lipinski definition) is 2. The molecule has 0 aliphatic heterocycles. The molecular weight excluding hydrogens is 334 g/mol. The molecule has 2 aromatic rings. The van der Waals surface area contributed by atoms with Gasteiger partial charge in [-0.15, -0.1) is 0 Å². The topological polar surface area (TPSA) is 29.1 Å². The predicted molar refractivity (Wildman–Crippen MR) is 90.4 cm³/mol. The van der Waals surface area contributed by atoms with Crippen LogP contribution in [-0.4, -0.2) is 11.2 Å². The molecule has 1 atom stereocenters. The minimum absolute atomic E-state index is 0.0848. The Balaban J connectivity index is 2.03. The molecule has 0 heterocycles. The van der Waals surface area contributed by atoms with Crippen LogP contribution in [0.3, 0.4) is 0 Å². The Bertz CT molecular complexity index is 601. The molecule has 1 N–H and O–H groups in total. The highest BCUT2D eigenvalue weighted by atomic mass is 79.9. The number of hydrogen-bond donors (Lipinski definition) is 2. The quantitative estimate of drug-likeness (QED) is 0.794. The standard InChI is InChI=1S/C16H16BrNOS/c1-11-13(17)8-5-9-14(11)18-16(19)15(20)10-12-6-3-2-4-7-12/h2-9,15,20H,10H2,1H3,(H,18,19). The average Bonchev–Trinajstić information content (AvgIpc) is 2.45. The molecule has 0 spiro atoms. The first-order chi connectivity index (χ1) is 9.58. The van der Waals surface area contributed by atoms with Crippen LogP contribution in [0.5, 0.6) is 0 Å². The third kappa shape index (κ3) is 3.87. The van der Waals surface area contributed by atoms with Crippen LogP contribution in [0, 0.1) is 6.92 Å². The second kappa shape index (κ2) is 6.95. The summed E-state index contributed by atoms with van der Waals surface area (Å²) in [7, 11) is 0. The first kappa shape index (κ1) is 15.1. The molecule has 1 amide bonds. The highest BCUT2D eigenvalue weighted by molar-refractivity contribution is 9.10. The summed E-state index contributed by atoms with van der Waals surface area (Å²) >= 11 is 7.86. The van der Waals surface area contributed by atoms with Gasteiger partial charge in [-0.05, 0) is 36.6 Å². The van der Waals surface area contributed by atoms with Crippen LogP contribution in [0.1, 0.15) is 11.1 Å². The van der Waals surface area contributed by atoms with E-state index in [1.807, 2.05) is 55.5 Å². The van der Waals surface area contributed by atoms with Crippen molar-refractivity contribution >= 4 is 40.2 Å². The summed E-state index contributed by atoms with van der Waals surface area (Å²) in [5.41, 5.74) is 2.94. The number of benzene rings is 2. The first-order valence-electron chi connectivity index (χ1n) is 6.36. The van der Waals surface area contributed by atoms with Crippen LogP contribution >= 0.6 is 28.6 Å². The van der Waals surface area contributed by atoms with E-state index in [4.69, 9.17) is 0 Å². The van der Waals surface area contributed by atoms with E-state index in [1.54, 1.807) is 0 Å². The molecule has 2 rings (SSSR count). The van der Waals surface area contributed by atoms with Crippen LogP contribution in [-0.2, 0) is 11.2 Å². The van der Waals surface area contributed by atoms with E-state index in [0.29, 0.717) is 6.42 Å². The molecule has 0 aliphatic rings. The molecule has 0 aliphatic carbocycles. The number of nitrogens with one attached hydrogen (secondary N) is 1. The lowest BCUT2D eigenvalue weighted by molar-refractivity contribution is -0.115. The molecule has 2 nitrogen and oxygen atoms in total. The number of carbonyl (C=O) groups is 1. The lowest BCUT2D eigenvalue weighted by Crippen LogP contribution is -2.25. The Labute approximate surface area is 133 Å². The van der Waals surface area contributed by atoms with Crippen molar-refractivity contribution in [3.05, 3.63) is 64.1 Å². The van der Waals surface area contributed by atoms with Gasteiger partial charge in [0.2, 0.25) is 5.91 Å². The maximum atomic E-state index is 12.2. The second-order valence-corrected chi connectivity index (χ2v) is 6.08. The summed E-state index contributed by atoms with van der Waals surface area (Å²) in [6, 6.07) is 15.6. The van der Waals surface area contributed by atoms with Gasteiger partial charge in [0, 0.05) is 10.2 Å². The third-order valence-electron chi connectivity index (χ3n) is 3.10. The summed E-state index contributed by atoms with van der Waals surface area (Å²) in [4.78, 5) is 12.2. The first-order valence-corrected chi connectivity index (χ1v) is 7.67. The normalized spacial score (nSPS) is 11.9. The molecule has 0 bridgehead atoms. The second-order valence-electron chi connectivity index (χ2n) is 4.61. The number of halogens is 1. The summed E-state index contributed by atoms with van der Waals surface area (Å²) in [5.74, 6) is -0.0848. The van der Waals surface area contributed by atoms with Crippen LogP contribution in [0.2, 0.25) is 0 Å². The van der Waals surface area contributed by atoms with E-state index in [2.05, 4.69) is 33.9 Å². The highest BCUT2D eigenvalue weighted by Crippen LogP contribution is 2.24. The Hall–Kier alpha value is -1.26. The lowest BCUT2D eigenvalue weighted by Gasteiger charge is -2.14. The molecule has 4 heteroatoms. The smallest absolute Gasteiger partial charge is 0.237 e. The summed E-state index contributed by atoms with van der Waals surface area (Å²) in [6.45, 7) is 1.96. The zero-order valence-electron chi connectivity index (χ0n) is 11.1. The average molecular weight is 350 g/mol. The monoisotopic (exact) mass is 349 g/mol. The van der Waals surface area contributed by atoms with Gasteiger partial charge >= 0.3 is 0 Å². The van der Waals surface area contributed by atoms with Gasteiger partial charge in [0.15, 0.2) is 0 Å². The number of carbonyl (C=O) groups excluding carboxylic acids is 1. The van der Waals surface area contributed by atoms with Gasteiger partial charge in [0.1, 0.15) is 0 Å². The van der Waals surface area contributed by atoms with Crippen molar-refractivity contribution in [1.82, 2.24) is 0 Å². The molecule has 0 saturated carbocycles. The van der Waals surface area contributed by atoms with E-state index in [-0.39, 0.29) is 11.2 Å². The Kier molecular flexibility index (Phi) is 5.26. The van der Waals surface area contributed by atoms with E-state index in [1.165, 1.54) is 0 Å². The minimum atomic E-state index is -0.365. The molecule has 0 saturated heterocycles. The van der Waals surface area contributed by atoms with Crippen molar-refractivity contribution in [3.63, 3.8) is 0 Å². The maximum absolute atomic E-state index is 12.2. The third-order valence-corrected chi connectivity index (χ3v) is 4.38. The zero-order chi connectivity index (χ0) is 14.5. The van der Waals surface area contributed by atoms with E-state index in [9.17, 15) is 4.79 Å². The molecule has 0 aromatic heterocycles. The van der Waals surface area contributed by atoms with Gasteiger partial charge in [-0.25, -0.2) is 0 Å². The largest absolute Gasteiger partial charge is 0.325 e. The van der Waals surface area contributed by atoms with Crippen molar-refractivity contribution in [1.29, 1.82) is 0 Å². The van der Waals surface area contributed by atoms with Gasteiger partial charge < -0.3 is 5.32 Å². The van der Waals surface area contributed by atoms with Crippen molar-refractivity contribution < 1.29 is 4.79 Å². The maximum Gasteiger partial charge on any atom is 0.237 e. The van der Waals surface area contributed by atoms with Crippen molar-refractivity contribution in [2.45, 2.75) is 18.6 Å². The molecule has 2 aromatic carbocycles. The molecule has 0 radical (unpaired) electrons. The van der Waals surface area contributed by atoms with Gasteiger partial charge in [0.25, 0.3) is 0 Å². The van der Waals surface area contributed by atoms with Gasteiger partial charge in [0.05, 0.1) is 5.25 Å². The highest BCUT2D eigenvalue weighted by Gasteiger charge is 2.15. The number of thiol groups is 1. The molecule has 20 heavy (non-hydrogen) atoms. The summed E-state index contributed by atoms with van der Waals surface area (Å²) in [5, 5.41) is 2.56. The summed E-state index contributed by atoms with van der Waals surface area (Å²) in [6.07, 6.45) is 0.614. The molecular formula is C16H16BrNOS. The Morgan fingerprint density at radius 3 is 2.60 bits per heavy atom. The van der Waals surface area contributed by atoms with E-state index < -0.39 is 0 Å². The van der Waals surface area contributed by atoms with Crippen molar-refractivity contribution in [3.8, 4) is 0 Å². The van der Waals surface area contributed by atoms with Crippen LogP contribution in [0.4, 0.5) is 5.69 Å². The van der Waals surface area contributed by atoms with Crippen LogP contribution < -0.4 is 5.32 Å².